The zero-order chi connectivity index (χ0) is 8.97. The summed E-state index contributed by atoms with van der Waals surface area (Å²) >= 11 is 0. The second-order valence-corrected chi connectivity index (χ2v) is 3.52. The molecule has 3 atom stereocenters. The summed E-state index contributed by atoms with van der Waals surface area (Å²) in [7, 11) is 1.95. The third-order valence-corrected chi connectivity index (χ3v) is 2.29. The molecule has 0 aromatic heterocycles. The minimum Gasteiger partial charge on any atom is -0.359 e. The molecule has 72 valence electrons. The lowest BCUT2D eigenvalue weighted by Gasteiger charge is -2.34. The Bertz CT molecular complexity index is 130. The zero-order valence-corrected chi connectivity index (χ0v) is 8.26. The van der Waals surface area contributed by atoms with E-state index in [4.69, 9.17) is 4.74 Å². The maximum atomic E-state index is 5.77. The molecule has 3 nitrogen and oxygen atoms in total. The Balaban J connectivity index is 2.34. The van der Waals surface area contributed by atoms with Crippen LogP contribution in [0.3, 0.4) is 0 Å². The van der Waals surface area contributed by atoms with Crippen LogP contribution < -0.4 is 10.6 Å². The van der Waals surface area contributed by atoms with Gasteiger partial charge in [-0.15, -0.1) is 0 Å². The Kier molecular flexibility index (Phi) is 3.98. The maximum absolute atomic E-state index is 5.77. The van der Waals surface area contributed by atoms with E-state index < -0.39 is 0 Å². The lowest BCUT2D eigenvalue weighted by atomic mass is 10.1. The Morgan fingerprint density at radius 2 is 2.33 bits per heavy atom. The predicted molar refractivity (Wildman–Crippen MR) is 50.1 cm³/mol. The summed E-state index contributed by atoms with van der Waals surface area (Å²) in [6.45, 7) is 5.29. The molecule has 1 saturated heterocycles. The number of nitrogens with one attached hydrogen (secondary N) is 2. The number of ether oxygens (including phenoxy) is 1. The van der Waals surface area contributed by atoms with Gasteiger partial charge in [-0.05, 0) is 26.8 Å². The molecular weight excluding hydrogens is 152 g/mol. The Hall–Kier alpha value is -0.120. The molecular formula is C9H20N2O. The molecule has 0 aliphatic carbocycles. The van der Waals surface area contributed by atoms with Crippen molar-refractivity contribution in [2.24, 2.45) is 0 Å². The van der Waals surface area contributed by atoms with Gasteiger partial charge < -0.3 is 10.1 Å². The first-order valence-electron chi connectivity index (χ1n) is 4.82. The minimum absolute atomic E-state index is 0.198. The fraction of sp³-hybridized carbons (Fsp3) is 1.00. The van der Waals surface area contributed by atoms with Gasteiger partial charge in [0.15, 0.2) is 0 Å². The number of hydrogen-bond acceptors (Lipinski definition) is 3. The monoisotopic (exact) mass is 172 g/mol. The first-order chi connectivity index (χ1) is 5.76. The Morgan fingerprint density at radius 3 is 2.92 bits per heavy atom. The highest BCUT2D eigenvalue weighted by Gasteiger charge is 2.24. The van der Waals surface area contributed by atoms with Crippen LogP contribution in [-0.4, -0.2) is 32.0 Å². The van der Waals surface area contributed by atoms with Crippen molar-refractivity contribution in [3.05, 3.63) is 0 Å². The van der Waals surface area contributed by atoms with Gasteiger partial charge in [-0.3, -0.25) is 5.32 Å². The van der Waals surface area contributed by atoms with Crippen molar-refractivity contribution in [1.82, 2.24) is 10.6 Å². The first kappa shape index (κ1) is 9.96. The van der Waals surface area contributed by atoms with E-state index in [1.807, 2.05) is 7.05 Å². The molecule has 0 saturated carbocycles. The van der Waals surface area contributed by atoms with Crippen LogP contribution in [0.25, 0.3) is 0 Å². The van der Waals surface area contributed by atoms with Crippen molar-refractivity contribution in [1.29, 1.82) is 0 Å². The lowest BCUT2D eigenvalue weighted by Crippen LogP contribution is -2.51. The highest BCUT2D eigenvalue weighted by atomic mass is 16.5. The van der Waals surface area contributed by atoms with Gasteiger partial charge in [0.2, 0.25) is 0 Å². The van der Waals surface area contributed by atoms with E-state index in [1.165, 1.54) is 0 Å². The standard InChI is InChI=1S/C9H20N2O/c1-4-8-5-7(2)11-9(12-8)6-10-3/h7-11H,4-6H2,1-3H3. The molecule has 0 radical (unpaired) electrons. The molecule has 1 aliphatic heterocycles. The van der Waals surface area contributed by atoms with E-state index in [9.17, 15) is 0 Å². The van der Waals surface area contributed by atoms with Crippen molar-refractivity contribution in [2.45, 2.75) is 45.1 Å². The molecule has 0 aromatic carbocycles. The molecule has 0 bridgehead atoms. The maximum Gasteiger partial charge on any atom is 0.121 e. The molecule has 2 N–H and O–H groups in total. The van der Waals surface area contributed by atoms with Crippen molar-refractivity contribution in [2.75, 3.05) is 13.6 Å². The van der Waals surface area contributed by atoms with Crippen LogP contribution in [0.4, 0.5) is 0 Å². The van der Waals surface area contributed by atoms with Gasteiger partial charge in [-0.25, -0.2) is 0 Å². The average molecular weight is 172 g/mol. The van der Waals surface area contributed by atoms with Gasteiger partial charge >= 0.3 is 0 Å². The minimum atomic E-state index is 0.198. The molecule has 3 unspecified atom stereocenters. The molecule has 1 heterocycles. The van der Waals surface area contributed by atoms with Gasteiger partial charge in [0.25, 0.3) is 0 Å². The highest BCUT2D eigenvalue weighted by Crippen LogP contribution is 2.14. The molecule has 0 aromatic rings. The average Bonchev–Trinajstić information content (AvgIpc) is 2.04. The van der Waals surface area contributed by atoms with E-state index in [-0.39, 0.29) is 6.23 Å². The van der Waals surface area contributed by atoms with E-state index in [0.29, 0.717) is 12.1 Å². The van der Waals surface area contributed by atoms with Crippen LogP contribution in [0, 0.1) is 0 Å². The van der Waals surface area contributed by atoms with Gasteiger partial charge in [-0.1, -0.05) is 6.92 Å². The fourth-order valence-corrected chi connectivity index (χ4v) is 1.66. The van der Waals surface area contributed by atoms with E-state index in [1.54, 1.807) is 0 Å². The normalized spacial score (nSPS) is 36.8. The molecule has 1 fully saturated rings. The van der Waals surface area contributed by atoms with Crippen LogP contribution >= 0.6 is 0 Å². The molecule has 12 heavy (non-hydrogen) atoms. The summed E-state index contributed by atoms with van der Waals surface area (Å²) in [5, 5.41) is 6.51. The van der Waals surface area contributed by atoms with Crippen molar-refractivity contribution in [3.8, 4) is 0 Å². The summed E-state index contributed by atoms with van der Waals surface area (Å²) in [6.07, 6.45) is 2.89. The van der Waals surface area contributed by atoms with Gasteiger partial charge in [0.1, 0.15) is 6.23 Å². The summed E-state index contributed by atoms with van der Waals surface area (Å²) in [5.74, 6) is 0. The number of rotatable bonds is 3. The zero-order valence-electron chi connectivity index (χ0n) is 8.26. The van der Waals surface area contributed by atoms with Crippen LogP contribution in [0.5, 0.6) is 0 Å². The van der Waals surface area contributed by atoms with E-state index in [0.717, 1.165) is 19.4 Å². The molecule has 1 rings (SSSR count). The largest absolute Gasteiger partial charge is 0.359 e. The Labute approximate surface area is 74.9 Å². The van der Waals surface area contributed by atoms with Crippen molar-refractivity contribution in [3.63, 3.8) is 0 Å². The lowest BCUT2D eigenvalue weighted by molar-refractivity contribution is -0.0736. The van der Waals surface area contributed by atoms with E-state index in [2.05, 4.69) is 24.5 Å². The first-order valence-corrected chi connectivity index (χ1v) is 4.82. The fourth-order valence-electron chi connectivity index (χ4n) is 1.66. The predicted octanol–water partition coefficient (Wildman–Crippen LogP) is 0.709. The summed E-state index contributed by atoms with van der Waals surface area (Å²) in [6, 6.07) is 0.585. The van der Waals surface area contributed by atoms with E-state index >= 15 is 0 Å². The molecule has 1 aliphatic rings. The van der Waals surface area contributed by atoms with Gasteiger partial charge in [-0.2, -0.15) is 0 Å². The second kappa shape index (κ2) is 4.80. The molecule has 0 amide bonds. The molecule has 3 heteroatoms. The van der Waals surface area contributed by atoms with Crippen LogP contribution in [0.2, 0.25) is 0 Å². The van der Waals surface area contributed by atoms with Crippen LogP contribution in [0.1, 0.15) is 26.7 Å². The highest BCUT2D eigenvalue weighted by molar-refractivity contribution is 4.76. The third kappa shape index (κ3) is 2.73. The van der Waals surface area contributed by atoms with Crippen molar-refractivity contribution < 1.29 is 4.74 Å². The summed E-state index contributed by atoms with van der Waals surface area (Å²) in [5.41, 5.74) is 0. The van der Waals surface area contributed by atoms with Gasteiger partial charge in [0, 0.05) is 12.6 Å². The SMILES string of the molecule is CCC1CC(C)NC(CNC)O1. The number of likely N-dealkylation sites (N-methyl/N-ethyl adjacent to an activating group) is 1. The van der Waals surface area contributed by atoms with Crippen LogP contribution in [0.15, 0.2) is 0 Å². The summed E-state index contributed by atoms with van der Waals surface area (Å²) in [4.78, 5) is 0. The smallest absolute Gasteiger partial charge is 0.121 e. The number of hydrogen-bond donors (Lipinski definition) is 2. The van der Waals surface area contributed by atoms with Crippen molar-refractivity contribution >= 4 is 0 Å². The quantitative estimate of drug-likeness (QED) is 0.658. The summed E-state index contributed by atoms with van der Waals surface area (Å²) < 4.78 is 5.77. The third-order valence-electron chi connectivity index (χ3n) is 2.29. The second-order valence-electron chi connectivity index (χ2n) is 3.52. The molecule has 0 spiro atoms. The Morgan fingerprint density at radius 1 is 1.58 bits per heavy atom. The van der Waals surface area contributed by atoms with Gasteiger partial charge in [0.05, 0.1) is 6.10 Å². The topological polar surface area (TPSA) is 33.3 Å². The van der Waals surface area contributed by atoms with Crippen LogP contribution in [-0.2, 0) is 4.74 Å².